The first-order valence-electron chi connectivity index (χ1n) is 10.4. The topological polar surface area (TPSA) is 79.5 Å². The van der Waals surface area contributed by atoms with Gasteiger partial charge in [0.05, 0.1) is 28.6 Å². The highest BCUT2D eigenvalue weighted by Gasteiger charge is 2.28. The van der Waals surface area contributed by atoms with Crippen molar-refractivity contribution in [2.24, 2.45) is 0 Å². The second kappa shape index (κ2) is 10.1. The van der Waals surface area contributed by atoms with Gasteiger partial charge in [-0.25, -0.2) is 17.6 Å². The Morgan fingerprint density at radius 2 is 1.76 bits per heavy atom. The second-order valence-corrected chi connectivity index (χ2v) is 10.1. The van der Waals surface area contributed by atoms with Crippen LogP contribution in [-0.2, 0) is 27.8 Å². The van der Waals surface area contributed by atoms with Crippen LogP contribution in [0.4, 0.5) is 4.39 Å². The molecule has 0 bridgehead atoms. The fraction of sp³-hybridized carbons (Fsp3) is 0.292. The van der Waals surface area contributed by atoms with E-state index in [1.165, 1.54) is 10.4 Å². The van der Waals surface area contributed by atoms with E-state index < -0.39 is 21.8 Å². The van der Waals surface area contributed by atoms with Gasteiger partial charge in [0.2, 0.25) is 10.0 Å². The van der Waals surface area contributed by atoms with E-state index in [0.717, 1.165) is 23.3 Å². The van der Waals surface area contributed by atoms with Gasteiger partial charge in [0, 0.05) is 17.9 Å². The van der Waals surface area contributed by atoms with Crippen LogP contribution in [0.25, 0.3) is 0 Å². The highest BCUT2D eigenvalue weighted by molar-refractivity contribution is 7.89. The van der Waals surface area contributed by atoms with Gasteiger partial charge in [0.15, 0.2) is 0 Å². The summed E-state index contributed by atoms with van der Waals surface area (Å²) >= 11 is 5.86. The summed E-state index contributed by atoms with van der Waals surface area (Å²) in [5.41, 5.74) is 4.01. The zero-order chi connectivity index (χ0) is 24.3. The number of sulfonamides is 1. The number of nitrogens with zero attached hydrogens (tertiary/aromatic N) is 1. The second-order valence-electron chi connectivity index (χ2n) is 7.78. The summed E-state index contributed by atoms with van der Waals surface area (Å²) in [5, 5.41) is -0.275. The quantitative estimate of drug-likeness (QED) is 0.433. The molecule has 0 aliphatic heterocycles. The minimum Gasteiger partial charge on any atom is -0.462 e. The van der Waals surface area contributed by atoms with E-state index in [0.29, 0.717) is 22.5 Å². The van der Waals surface area contributed by atoms with Gasteiger partial charge in [-0.1, -0.05) is 41.4 Å². The molecule has 0 spiro atoms. The molecular formula is C24H26ClFN2O4S. The zero-order valence-corrected chi connectivity index (χ0v) is 20.5. The predicted octanol–water partition coefficient (Wildman–Crippen LogP) is 5.30. The smallest absolute Gasteiger partial charge is 0.340 e. The Morgan fingerprint density at radius 1 is 1.09 bits per heavy atom. The standard InChI is InChI=1S/C24H26ClFN2O4S/c1-5-32-24(29)23-16(3)22(27-17(23)4)14-28(13-18-8-6-15(2)7-9-18)33(30,31)19-10-11-21(26)20(25)12-19/h6-12,27H,5,13-14H2,1-4H3. The molecule has 0 atom stereocenters. The molecule has 1 aromatic heterocycles. The molecule has 3 aromatic rings. The number of esters is 1. The number of nitrogens with one attached hydrogen (secondary N) is 1. The van der Waals surface area contributed by atoms with Crippen molar-refractivity contribution in [3.63, 3.8) is 0 Å². The van der Waals surface area contributed by atoms with Crippen molar-refractivity contribution >= 4 is 27.6 Å². The van der Waals surface area contributed by atoms with Crippen molar-refractivity contribution in [1.82, 2.24) is 9.29 Å². The lowest BCUT2D eigenvalue weighted by Crippen LogP contribution is -2.30. The summed E-state index contributed by atoms with van der Waals surface area (Å²) in [6.45, 7) is 7.43. The molecule has 0 radical (unpaired) electrons. The minimum atomic E-state index is -4.05. The fourth-order valence-electron chi connectivity index (χ4n) is 3.57. The van der Waals surface area contributed by atoms with E-state index in [1.54, 1.807) is 20.8 Å². The first-order valence-corrected chi connectivity index (χ1v) is 12.2. The zero-order valence-electron chi connectivity index (χ0n) is 18.9. The van der Waals surface area contributed by atoms with Crippen LogP contribution in [0.3, 0.4) is 0 Å². The Hall–Kier alpha value is -2.68. The number of aromatic amines is 1. The van der Waals surface area contributed by atoms with Gasteiger partial charge in [-0.15, -0.1) is 0 Å². The van der Waals surface area contributed by atoms with E-state index in [9.17, 15) is 17.6 Å². The van der Waals surface area contributed by atoms with E-state index in [1.807, 2.05) is 31.2 Å². The average Bonchev–Trinajstić information content (AvgIpc) is 3.04. The Labute approximate surface area is 198 Å². The van der Waals surface area contributed by atoms with Gasteiger partial charge in [0.1, 0.15) is 5.82 Å². The lowest BCUT2D eigenvalue weighted by Gasteiger charge is -2.23. The van der Waals surface area contributed by atoms with Gasteiger partial charge in [-0.3, -0.25) is 0 Å². The lowest BCUT2D eigenvalue weighted by atomic mass is 10.1. The van der Waals surface area contributed by atoms with Crippen LogP contribution >= 0.6 is 11.6 Å². The number of halogens is 2. The molecule has 1 heterocycles. The van der Waals surface area contributed by atoms with E-state index in [-0.39, 0.29) is 29.6 Å². The van der Waals surface area contributed by atoms with Crippen LogP contribution in [0.5, 0.6) is 0 Å². The van der Waals surface area contributed by atoms with E-state index >= 15 is 0 Å². The van der Waals surface area contributed by atoms with Crippen molar-refractivity contribution in [2.75, 3.05) is 6.61 Å². The van der Waals surface area contributed by atoms with Gasteiger partial charge in [0.25, 0.3) is 0 Å². The van der Waals surface area contributed by atoms with Crippen LogP contribution in [0.2, 0.25) is 5.02 Å². The molecule has 0 fully saturated rings. The molecule has 6 nitrogen and oxygen atoms in total. The Kier molecular flexibility index (Phi) is 7.62. The third-order valence-electron chi connectivity index (χ3n) is 5.36. The Bertz CT molecular complexity index is 1270. The summed E-state index contributed by atoms with van der Waals surface area (Å²) in [5.74, 6) is -1.16. The van der Waals surface area contributed by atoms with Crippen molar-refractivity contribution in [3.8, 4) is 0 Å². The third-order valence-corrected chi connectivity index (χ3v) is 7.44. The molecule has 0 aliphatic rings. The highest BCUT2D eigenvalue weighted by atomic mass is 35.5. The number of H-pyrrole nitrogens is 1. The Morgan fingerprint density at radius 3 is 2.36 bits per heavy atom. The normalized spacial score (nSPS) is 11.7. The summed E-state index contributed by atoms with van der Waals surface area (Å²) in [6.07, 6.45) is 0. The maximum atomic E-state index is 13.7. The van der Waals surface area contributed by atoms with Gasteiger partial charge in [-0.2, -0.15) is 4.31 Å². The average molecular weight is 493 g/mol. The number of aromatic nitrogens is 1. The number of benzene rings is 2. The van der Waals surface area contributed by atoms with Crippen LogP contribution in [0.15, 0.2) is 47.4 Å². The number of aryl methyl sites for hydroxylation is 2. The molecule has 0 unspecified atom stereocenters. The van der Waals surface area contributed by atoms with Crippen molar-refractivity contribution in [1.29, 1.82) is 0 Å². The first-order chi connectivity index (χ1) is 15.5. The number of carbonyl (C=O) groups is 1. The monoisotopic (exact) mass is 492 g/mol. The molecule has 0 saturated carbocycles. The maximum absolute atomic E-state index is 13.7. The molecule has 0 aliphatic carbocycles. The molecule has 176 valence electrons. The van der Waals surface area contributed by atoms with Crippen LogP contribution in [0.1, 0.15) is 45.4 Å². The molecule has 3 rings (SSSR count). The molecule has 2 aromatic carbocycles. The molecule has 0 saturated heterocycles. The Balaban J connectivity index is 2.04. The van der Waals surface area contributed by atoms with Crippen LogP contribution in [-0.4, -0.2) is 30.3 Å². The lowest BCUT2D eigenvalue weighted by molar-refractivity contribution is 0.0525. The molecule has 9 heteroatoms. The number of hydrogen-bond acceptors (Lipinski definition) is 4. The maximum Gasteiger partial charge on any atom is 0.340 e. The summed E-state index contributed by atoms with van der Waals surface area (Å²) < 4.78 is 47.2. The number of carbonyl (C=O) groups excluding carboxylic acids is 1. The first kappa shape index (κ1) is 25.0. The SMILES string of the molecule is CCOC(=O)c1c(C)[nH]c(CN(Cc2ccc(C)cc2)S(=O)(=O)c2ccc(F)c(Cl)c2)c1C. The number of hydrogen-bond donors (Lipinski definition) is 1. The van der Waals surface area contributed by atoms with Crippen molar-refractivity contribution in [3.05, 3.63) is 86.9 Å². The van der Waals surface area contributed by atoms with Gasteiger partial charge < -0.3 is 9.72 Å². The fourth-order valence-corrected chi connectivity index (χ4v) is 5.24. The highest BCUT2D eigenvalue weighted by Crippen LogP contribution is 2.27. The van der Waals surface area contributed by atoms with Crippen LogP contribution in [0, 0.1) is 26.6 Å². The molecule has 33 heavy (non-hydrogen) atoms. The number of ether oxygens (including phenoxy) is 1. The molecule has 1 N–H and O–H groups in total. The molecular weight excluding hydrogens is 467 g/mol. The number of rotatable bonds is 8. The predicted molar refractivity (Wildman–Crippen MR) is 125 cm³/mol. The van der Waals surface area contributed by atoms with Crippen molar-refractivity contribution in [2.45, 2.75) is 45.7 Å². The van der Waals surface area contributed by atoms with E-state index in [4.69, 9.17) is 16.3 Å². The summed E-state index contributed by atoms with van der Waals surface area (Å²) in [6, 6.07) is 10.8. The van der Waals surface area contributed by atoms with Gasteiger partial charge in [-0.05, 0) is 57.0 Å². The van der Waals surface area contributed by atoms with Crippen LogP contribution < -0.4 is 0 Å². The van der Waals surface area contributed by atoms with E-state index in [2.05, 4.69) is 4.98 Å². The third kappa shape index (κ3) is 5.46. The van der Waals surface area contributed by atoms with Gasteiger partial charge >= 0.3 is 5.97 Å². The summed E-state index contributed by atoms with van der Waals surface area (Å²) in [7, 11) is -4.05. The minimum absolute atomic E-state index is 0.0305. The largest absolute Gasteiger partial charge is 0.462 e. The molecule has 0 amide bonds. The van der Waals surface area contributed by atoms with Crippen molar-refractivity contribution < 1.29 is 22.3 Å². The summed E-state index contributed by atoms with van der Waals surface area (Å²) in [4.78, 5) is 15.4.